The number of anilines is 2. The predicted molar refractivity (Wildman–Crippen MR) is 113 cm³/mol. The van der Waals surface area contributed by atoms with Crippen molar-refractivity contribution in [2.75, 3.05) is 36.5 Å². The van der Waals surface area contributed by atoms with Gasteiger partial charge in [-0.25, -0.2) is 4.98 Å². The molecule has 0 bridgehead atoms. The Morgan fingerprint density at radius 1 is 1.03 bits per heavy atom. The maximum atomic E-state index is 12.5. The normalized spacial score (nSPS) is 13.9. The van der Waals surface area contributed by atoms with Crippen molar-refractivity contribution >= 4 is 34.5 Å². The Balaban J connectivity index is 1.42. The van der Waals surface area contributed by atoms with Crippen molar-refractivity contribution in [2.45, 2.75) is 0 Å². The van der Waals surface area contributed by atoms with E-state index in [1.165, 1.54) is 11.3 Å². The van der Waals surface area contributed by atoms with E-state index in [2.05, 4.69) is 15.2 Å². The highest BCUT2D eigenvalue weighted by Gasteiger charge is 2.14. The number of hydrogen-bond donors (Lipinski definition) is 2. The van der Waals surface area contributed by atoms with E-state index in [-0.39, 0.29) is 5.91 Å². The molecule has 3 N–H and O–H groups in total. The number of morpholine rings is 1. The third-order valence-electron chi connectivity index (χ3n) is 4.65. The van der Waals surface area contributed by atoms with E-state index in [1.54, 1.807) is 29.6 Å². The van der Waals surface area contributed by atoms with Gasteiger partial charge in [-0.05, 0) is 36.4 Å². The summed E-state index contributed by atoms with van der Waals surface area (Å²) in [7, 11) is 0. The van der Waals surface area contributed by atoms with Gasteiger partial charge in [-0.1, -0.05) is 12.1 Å². The average Bonchev–Trinajstić information content (AvgIpc) is 3.25. The molecule has 1 aliphatic heterocycles. The van der Waals surface area contributed by atoms with E-state index < -0.39 is 5.91 Å². The van der Waals surface area contributed by atoms with E-state index >= 15 is 0 Å². The van der Waals surface area contributed by atoms with Crippen molar-refractivity contribution in [3.05, 3.63) is 65.2 Å². The van der Waals surface area contributed by atoms with Crippen molar-refractivity contribution < 1.29 is 14.3 Å². The van der Waals surface area contributed by atoms with Crippen LogP contribution in [0, 0.1) is 0 Å². The first-order valence-electron chi connectivity index (χ1n) is 9.20. The van der Waals surface area contributed by atoms with Crippen LogP contribution < -0.4 is 16.0 Å². The molecule has 7 nitrogen and oxygen atoms in total. The molecule has 0 radical (unpaired) electrons. The number of primary amides is 1. The number of thiazole rings is 1. The van der Waals surface area contributed by atoms with Crippen molar-refractivity contribution in [3.63, 3.8) is 0 Å². The second-order valence-electron chi connectivity index (χ2n) is 6.58. The van der Waals surface area contributed by atoms with Gasteiger partial charge in [0.05, 0.1) is 13.2 Å². The zero-order valence-corrected chi connectivity index (χ0v) is 16.4. The van der Waals surface area contributed by atoms with Gasteiger partial charge in [0.15, 0.2) is 0 Å². The minimum Gasteiger partial charge on any atom is -0.378 e. The van der Waals surface area contributed by atoms with E-state index in [0.717, 1.165) is 37.6 Å². The van der Waals surface area contributed by atoms with Crippen molar-refractivity contribution in [1.82, 2.24) is 4.98 Å². The lowest BCUT2D eigenvalue weighted by atomic mass is 10.1. The van der Waals surface area contributed by atoms with E-state index in [4.69, 9.17) is 10.5 Å². The summed E-state index contributed by atoms with van der Waals surface area (Å²) in [4.78, 5) is 30.4. The molecule has 0 spiro atoms. The smallest absolute Gasteiger partial charge is 0.275 e. The minimum absolute atomic E-state index is 0.264. The number of carbonyl (C=O) groups excluding carboxylic acids is 2. The molecule has 1 fully saturated rings. The topological polar surface area (TPSA) is 97.6 Å². The SMILES string of the molecule is NC(=O)c1ccc(-c2nc(C(=O)Nc3ccc(N4CCOCC4)cc3)cs2)cc1. The largest absolute Gasteiger partial charge is 0.378 e. The van der Waals surface area contributed by atoms with Crippen LogP contribution >= 0.6 is 11.3 Å². The second-order valence-corrected chi connectivity index (χ2v) is 7.44. The summed E-state index contributed by atoms with van der Waals surface area (Å²) in [5.41, 5.74) is 8.70. The fraction of sp³-hybridized carbons (Fsp3) is 0.190. The third-order valence-corrected chi connectivity index (χ3v) is 5.55. The van der Waals surface area contributed by atoms with Gasteiger partial charge in [0, 0.05) is 41.0 Å². The van der Waals surface area contributed by atoms with Crippen LogP contribution in [0.5, 0.6) is 0 Å². The van der Waals surface area contributed by atoms with Gasteiger partial charge in [-0.2, -0.15) is 0 Å². The van der Waals surface area contributed by atoms with Crippen LogP contribution in [-0.4, -0.2) is 43.1 Å². The lowest BCUT2D eigenvalue weighted by Gasteiger charge is -2.28. The molecule has 1 aliphatic rings. The van der Waals surface area contributed by atoms with Crippen LogP contribution in [0.2, 0.25) is 0 Å². The molecule has 0 unspecified atom stereocenters. The Morgan fingerprint density at radius 2 is 1.72 bits per heavy atom. The van der Waals surface area contributed by atoms with Gasteiger partial charge in [0.25, 0.3) is 5.91 Å². The number of nitrogens with two attached hydrogens (primary N) is 1. The zero-order valence-electron chi connectivity index (χ0n) is 15.6. The Bertz CT molecular complexity index is 1010. The first kappa shape index (κ1) is 19.1. The molecule has 4 rings (SSSR count). The molecular weight excluding hydrogens is 388 g/mol. The molecule has 1 saturated heterocycles. The zero-order chi connectivity index (χ0) is 20.2. The second kappa shape index (κ2) is 8.42. The van der Waals surface area contributed by atoms with Gasteiger partial charge in [0.2, 0.25) is 5.91 Å². The number of carbonyl (C=O) groups is 2. The summed E-state index contributed by atoms with van der Waals surface area (Å²) in [6.07, 6.45) is 0. The molecule has 3 aromatic rings. The van der Waals surface area contributed by atoms with Crippen LogP contribution in [0.3, 0.4) is 0 Å². The summed E-state index contributed by atoms with van der Waals surface area (Å²) in [6.45, 7) is 3.20. The molecule has 8 heteroatoms. The minimum atomic E-state index is -0.476. The molecule has 148 valence electrons. The molecule has 1 aromatic heterocycles. The highest BCUT2D eigenvalue weighted by Crippen LogP contribution is 2.25. The number of hydrogen-bond acceptors (Lipinski definition) is 6. The molecular formula is C21H20N4O3S. The summed E-state index contributed by atoms with van der Waals surface area (Å²) >= 11 is 1.37. The molecule has 2 amide bonds. The number of ether oxygens (including phenoxy) is 1. The Kier molecular flexibility index (Phi) is 5.55. The van der Waals surface area contributed by atoms with Crippen LogP contribution in [0.4, 0.5) is 11.4 Å². The van der Waals surface area contributed by atoms with Crippen molar-refractivity contribution in [1.29, 1.82) is 0 Å². The predicted octanol–water partition coefficient (Wildman–Crippen LogP) is 3.00. The van der Waals surface area contributed by atoms with Crippen LogP contribution in [0.25, 0.3) is 10.6 Å². The molecule has 29 heavy (non-hydrogen) atoms. The van der Waals surface area contributed by atoms with Gasteiger partial charge >= 0.3 is 0 Å². The van der Waals surface area contributed by atoms with Crippen LogP contribution in [-0.2, 0) is 4.74 Å². The summed E-state index contributed by atoms with van der Waals surface area (Å²) in [5.74, 6) is -0.740. The monoisotopic (exact) mass is 408 g/mol. The molecule has 2 heterocycles. The lowest BCUT2D eigenvalue weighted by Crippen LogP contribution is -2.36. The van der Waals surface area contributed by atoms with Gasteiger partial charge < -0.3 is 20.7 Å². The number of nitrogens with zero attached hydrogens (tertiary/aromatic N) is 2. The Labute approximate surface area is 172 Å². The number of aromatic nitrogens is 1. The van der Waals surface area contributed by atoms with E-state index in [0.29, 0.717) is 22.0 Å². The van der Waals surface area contributed by atoms with Gasteiger partial charge in [-0.15, -0.1) is 11.3 Å². The highest BCUT2D eigenvalue weighted by atomic mass is 32.1. The summed E-state index contributed by atoms with van der Waals surface area (Å²) < 4.78 is 5.37. The lowest BCUT2D eigenvalue weighted by molar-refractivity contribution is 0.0997. The first-order valence-corrected chi connectivity index (χ1v) is 10.1. The maximum absolute atomic E-state index is 12.5. The Morgan fingerprint density at radius 3 is 2.38 bits per heavy atom. The van der Waals surface area contributed by atoms with Crippen molar-refractivity contribution in [2.24, 2.45) is 5.73 Å². The fourth-order valence-electron chi connectivity index (χ4n) is 3.06. The summed E-state index contributed by atoms with van der Waals surface area (Å²) in [6, 6.07) is 14.6. The standard InChI is InChI=1S/C21H20N4O3S/c22-19(26)14-1-3-15(4-2-14)21-24-18(13-29-21)20(27)23-16-5-7-17(8-6-16)25-9-11-28-12-10-25/h1-8,13H,9-12H2,(H2,22,26)(H,23,27). The number of amides is 2. The van der Waals surface area contributed by atoms with E-state index in [9.17, 15) is 9.59 Å². The highest BCUT2D eigenvalue weighted by molar-refractivity contribution is 7.13. The average molecular weight is 408 g/mol. The molecule has 2 aromatic carbocycles. The van der Waals surface area contributed by atoms with Crippen molar-refractivity contribution in [3.8, 4) is 10.6 Å². The number of rotatable bonds is 5. The summed E-state index contributed by atoms with van der Waals surface area (Å²) in [5, 5.41) is 5.30. The third kappa shape index (κ3) is 4.44. The fourth-order valence-corrected chi connectivity index (χ4v) is 3.87. The quantitative estimate of drug-likeness (QED) is 0.676. The number of nitrogens with one attached hydrogen (secondary N) is 1. The van der Waals surface area contributed by atoms with Gasteiger partial charge in [0.1, 0.15) is 10.7 Å². The molecule has 0 aliphatic carbocycles. The molecule has 0 saturated carbocycles. The van der Waals surface area contributed by atoms with E-state index in [1.807, 2.05) is 24.3 Å². The number of benzene rings is 2. The maximum Gasteiger partial charge on any atom is 0.275 e. The first-order chi connectivity index (χ1) is 14.1. The van der Waals surface area contributed by atoms with Gasteiger partial charge in [-0.3, -0.25) is 9.59 Å². The van der Waals surface area contributed by atoms with Crippen LogP contribution in [0.15, 0.2) is 53.9 Å². The van der Waals surface area contributed by atoms with Crippen LogP contribution in [0.1, 0.15) is 20.8 Å². The molecule has 0 atom stereocenters. The Hall–Kier alpha value is -3.23.